The van der Waals surface area contributed by atoms with Crippen LogP contribution in [0.2, 0.25) is 0 Å². The summed E-state index contributed by atoms with van der Waals surface area (Å²) < 4.78 is 51.7. The number of anilines is 2. The van der Waals surface area contributed by atoms with Crippen LogP contribution in [0.3, 0.4) is 0 Å². The van der Waals surface area contributed by atoms with Crippen molar-refractivity contribution in [2.75, 3.05) is 43.9 Å². The van der Waals surface area contributed by atoms with E-state index in [-0.39, 0.29) is 11.8 Å². The van der Waals surface area contributed by atoms with E-state index in [1.165, 1.54) is 6.07 Å². The van der Waals surface area contributed by atoms with E-state index < -0.39 is 12.1 Å². The lowest BCUT2D eigenvalue weighted by Crippen LogP contribution is -2.44. The number of aliphatic carboxylic acids is 1. The van der Waals surface area contributed by atoms with Gasteiger partial charge < -0.3 is 25.1 Å². The Labute approximate surface area is 161 Å². The zero-order valence-corrected chi connectivity index (χ0v) is 15.2. The highest BCUT2D eigenvalue weighted by atomic mass is 19.4. The van der Waals surface area contributed by atoms with Gasteiger partial charge >= 0.3 is 12.1 Å². The molecule has 8 nitrogen and oxygen atoms in total. The summed E-state index contributed by atoms with van der Waals surface area (Å²) in [5.74, 6) is -2.34. The van der Waals surface area contributed by atoms with Crippen LogP contribution in [0, 0.1) is 5.82 Å². The summed E-state index contributed by atoms with van der Waals surface area (Å²) in [6.45, 7) is 3.50. The van der Waals surface area contributed by atoms with Gasteiger partial charge in [-0.2, -0.15) is 18.2 Å². The van der Waals surface area contributed by atoms with Crippen molar-refractivity contribution < 1.29 is 31.9 Å². The lowest BCUT2D eigenvalue weighted by Gasteiger charge is -2.33. The Morgan fingerprint density at radius 1 is 1.21 bits per heavy atom. The molecule has 1 fully saturated rings. The monoisotopic (exact) mass is 415 g/mol. The number of nitrogen functional groups attached to an aromatic ring is 1. The second kappa shape index (κ2) is 7.70. The quantitative estimate of drug-likeness (QED) is 0.584. The van der Waals surface area contributed by atoms with E-state index in [0.717, 1.165) is 26.2 Å². The molecule has 3 N–H and O–H groups in total. The third-order valence-corrected chi connectivity index (χ3v) is 4.33. The molecule has 0 saturated carbocycles. The first kappa shape index (κ1) is 20.6. The Morgan fingerprint density at radius 3 is 2.41 bits per heavy atom. The van der Waals surface area contributed by atoms with Gasteiger partial charge in [-0.25, -0.2) is 14.2 Å². The fourth-order valence-corrected chi connectivity index (χ4v) is 2.88. The highest BCUT2D eigenvalue weighted by Gasteiger charge is 2.38. The van der Waals surface area contributed by atoms with Crippen molar-refractivity contribution in [3.8, 4) is 0 Å². The predicted molar refractivity (Wildman–Crippen MR) is 97.1 cm³/mol. The molecular weight excluding hydrogens is 398 g/mol. The average Bonchev–Trinajstić information content (AvgIpc) is 3.01. The normalized spacial score (nSPS) is 15.4. The first-order valence-corrected chi connectivity index (χ1v) is 8.45. The van der Waals surface area contributed by atoms with Crippen LogP contribution in [-0.2, 0) is 4.79 Å². The van der Waals surface area contributed by atoms with E-state index in [9.17, 15) is 17.6 Å². The van der Waals surface area contributed by atoms with Crippen molar-refractivity contribution in [3.63, 3.8) is 0 Å². The number of aromatic nitrogens is 2. The van der Waals surface area contributed by atoms with E-state index in [0.29, 0.717) is 27.9 Å². The molecular formula is C17H17F4N5O3. The Morgan fingerprint density at radius 2 is 1.83 bits per heavy atom. The van der Waals surface area contributed by atoms with Crippen molar-refractivity contribution in [3.05, 3.63) is 24.0 Å². The largest absolute Gasteiger partial charge is 0.490 e. The molecule has 1 aromatic carbocycles. The number of alkyl halides is 3. The van der Waals surface area contributed by atoms with E-state index >= 15 is 0 Å². The lowest BCUT2D eigenvalue weighted by molar-refractivity contribution is -0.192. The number of carboxylic acids is 1. The summed E-state index contributed by atoms with van der Waals surface area (Å²) in [5, 5.41) is 7.49. The number of halogens is 4. The molecule has 156 valence electrons. The molecule has 0 radical (unpaired) electrons. The van der Waals surface area contributed by atoms with Gasteiger partial charge in [0.05, 0.1) is 5.39 Å². The number of hydrogen-bond acceptors (Lipinski definition) is 7. The van der Waals surface area contributed by atoms with E-state index in [1.54, 1.807) is 12.1 Å². The van der Waals surface area contributed by atoms with Gasteiger partial charge in [-0.3, -0.25) is 0 Å². The number of rotatable bonds is 1. The summed E-state index contributed by atoms with van der Waals surface area (Å²) in [4.78, 5) is 21.8. The van der Waals surface area contributed by atoms with Gasteiger partial charge in [-0.15, -0.1) is 0 Å². The van der Waals surface area contributed by atoms with Gasteiger partial charge in [0.1, 0.15) is 16.9 Å². The van der Waals surface area contributed by atoms with Gasteiger partial charge in [-0.05, 0) is 19.2 Å². The van der Waals surface area contributed by atoms with Gasteiger partial charge in [0.2, 0.25) is 5.95 Å². The van der Waals surface area contributed by atoms with Crippen LogP contribution in [0.25, 0.3) is 22.1 Å². The summed E-state index contributed by atoms with van der Waals surface area (Å²) >= 11 is 0. The highest BCUT2D eigenvalue weighted by Crippen LogP contribution is 2.34. The molecule has 0 spiro atoms. The first-order chi connectivity index (χ1) is 13.6. The standard InChI is InChI=1S/C15H16FN5O.C2HF3O2/c1-20-5-7-21(8-6-20)14-13-12(18-15(17)19-14)11-9(16)3-2-4-10(11)22-13;3-2(4,5)1(6)7/h2-4H,5-8H2,1H3,(H2,17,18,19);(H,6,7). The SMILES string of the molecule is CN1CCN(c2nc(N)nc3c2oc2cccc(F)c23)CC1.O=C(O)C(F)(F)F. The number of hydrogen-bond donors (Lipinski definition) is 2. The Hall–Kier alpha value is -3.15. The van der Waals surface area contributed by atoms with Crippen LogP contribution >= 0.6 is 0 Å². The number of fused-ring (bicyclic) bond motifs is 3. The molecule has 0 amide bonds. The van der Waals surface area contributed by atoms with Crippen molar-refractivity contribution in [1.82, 2.24) is 14.9 Å². The predicted octanol–water partition coefficient (Wildman–Crippen LogP) is 2.48. The second-order valence-electron chi connectivity index (χ2n) is 6.39. The minimum Gasteiger partial charge on any atom is -0.475 e. The maximum atomic E-state index is 14.1. The van der Waals surface area contributed by atoms with Gasteiger partial charge in [0.15, 0.2) is 11.4 Å². The number of furan rings is 1. The molecule has 1 aliphatic rings. The molecule has 29 heavy (non-hydrogen) atoms. The molecule has 12 heteroatoms. The van der Waals surface area contributed by atoms with Crippen LogP contribution in [0.1, 0.15) is 0 Å². The van der Waals surface area contributed by atoms with Crippen LogP contribution in [-0.4, -0.2) is 65.3 Å². The lowest BCUT2D eigenvalue weighted by atomic mass is 10.2. The van der Waals surface area contributed by atoms with Crippen LogP contribution < -0.4 is 10.6 Å². The van der Waals surface area contributed by atoms with Gasteiger partial charge in [-0.1, -0.05) is 6.07 Å². The molecule has 2 aromatic heterocycles. The van der Waals surface area contributed by atoms with Crippen LogP contribution in [0.5, 0.6) is 0 Å². The zero-order valence-electron chi connectivity index (χ0n) is 15.2. The topological polar surface area (TPSA) is 109 Å². The number of nitrogens with two attached hydrogens (primary N) is 1. The Kier molecular flexibility index (Phi) is 5.46. The summed E-state index contributed by atoms with van der Waals surface area (Å²) in [5.41, 5.74) is 7.24. The van der Waals surface area contributed by atoms with E-state index in [2.05, 4.69) is 26.8 Å². The highest BCUT2D eigenvalue weighted by molar-refractivity contribution is 6.06. The minimum atomic E-state index is -5.08. The smallest absolute Gasteiger partial charge is 0.475 e. The van der Waals surface area contributed by atoms with Crippen LogP contribution in [0.15, 0.2) is 22.6 Å². The number of nitrogens with zero attached hydrogens (tertiary/aromatic N) is 4. The number of likely N-dealkylation sites (N-methyl/N-ethyl adjacent to an activating group) is 1. The van der Waals surface area contributed by atoms with Crippen molar-refractivity contribution in [1.29, 1.82) is 0 Å². The Bertz CT molecular complexity index is 1040. The molecule has 0 unspecified atom stereocenters. The zero-order chi connectivity index (χ0) is 21.3. The van der Waals surface area contributed by atoms with Crippen molar-refractivity contribution in [2.24, 2.45) is 0 Å². The van der Waals surface area contributed by atoms with Crippen LogP contribution in [0.4, 0.5) is 29.3 Å². The number of carboxylic acid groups (broad SMARTS) is 1. The minimum absolute atomic E-state index is 0.132. The first-order valence-electron chi connectivity index (χ1n) is 8.45. The molecule has 0 aliphatic carbocycles. The van der Waals surface area contributed by atoms with Crippen molar-refractivity contribution >= 4 is 39.8 Å². The maximum Gasteiger partial charge on any atom is 0.490 e. The fraction of sp³-hybridized carbons (Fsp3) is 0.353. The third-order valence-electron chi connectivity index (χ3n) is 4.33. The molecule has 0 atom stereocenters. The molecule has 1 saturated heterocycles. The molecule has 3 aromatic rings. The maximum absolute atomic E-state index is 14.1. The Balaban J connectivity index is 0.000000298. The number of benzene rings is 1. The molecule has 3 heterocycles. The summed E-state index contributed by atoms with van der Waals surface area (Å²) in [6.07, 6.45) is -5.08. The number of carbonyl (C=O) groups is 1. The van der Waals surface area contributed by atoms with E-state index in [1.807, 2.05) is 0 Å². The summed E-state index contributed by atoms with van der Waals surface area (Å²) in [6, 6.07) is 4.74. The van der Waals surface area contributed by atoms with Gasteiger partial charge in [0.25, 0.3) is 0 Å². The number of piperazine rings is 1. The second-order valence-corrected chi connectivity index (χ2v) is 6.39. The summed E-state index contributed by atoms with van der Waals surface area (Å²) in [7, 11) is 2.08. The molecule has 1 aliphatic heterocycles. The average molecular weight is 415 g/mol. The van der Waals surface area contributed by atoms with E-state index in [4.69, 9.17) is 20.1 Å². The third kappa shape index (κ3) is 4.31. The molecule has 0 bridgehead atoms. The fourth-order valence-electron chi connectivity index (χ4n) is 2.88. The van der Waals surface area contributed by atoms with Crippen molar-refractivity contribution in [2.45, 2.75) is 6.18 Å². The molecule has 4 rings (SSSR count). The van der Waals surface area contributed by atoms with Gasteiger partial charge in [0, 0.05) is 26.2 Å².